The highest BCUT2D eigenvalue weighted by Crippen LogP contribution is 2.20. The summed E-state index contributed by atoms with van der Waals surface area (Å²) in [6.07, 6.45) is 3.44. The van der Waals surface area contributed by atoms with Gasteiger partial charge in [0, 0.05) is 25.9 Å². The number of aromatic nitrogens is 3. The number of nitrogens with one attached hydrogen (secondary N) is 2. The molecule has 0 spiro atoms. The molecule has 0 saturated heterocycles. The molecular formula is C19H19N5O3. The number of benzene rings is 1. The fourth-order valence-electron chi connectivity index (χ4n) is 2.80. The zero-order valence-electron chi connectivity index (χ0n) is 14.7. The van der Waals surface area contributed by atoms with Crippen molar-refractivity contribution < 1.29 is 14.4 Å². The first-order chi connectivity index (χ1) is 13.0. The number of hydrogen-bond acceptors (Lipinski definition) is 4. The zero-order valence-corrected chi connectivity index (χ0v) is 14.7. The second kappa shape index (κ2) is 7.69. The predicted octanol–water partition coefficient (Wildman–Crippen LogP) is 0.811. The highest BCUT2D eigenvalue weighted by atomic mass is 16.2. The van der Waals surface area contributed by atoms with E-state index in [4.69, 9.17) is 5.73 Å². The molecule has 3 rings (SSSR count). The maximum atomic E-state index is 12.8. The summed E-state index contributed by atoms with van der Waals surface area (Å²) in [5.41, 5.74) is 7.36. The molecule has 1 aromatic carbocycles. The first kappa shape index (κ1) is 18.1. The van der Waals surface area contributed by atoms with Crippen LogP contribution in [0.25, 0.3) is 11.4 Å². The van der Waals surface area contributed by atoms with Crippen molar-refractivity contribution in [3.63, 3.8) is 0 Å². The van der Waals surface area contributed by atoms with Gasteiger partial charge in [-0.3, -0.25) is 19.1 Å². The van der Waals surface area contributed by atoms with Crippen molar-refractivity contribution in [3.8, 4) is 11.4 Å². The molecule has 0 aliphatic carbocycles. The Hall–Kier alpha value is -3.68. The van der Waals surface area contributed by atoms with Crippen LogP contribution in [0.2, 0.25) is 0 Å². The SMILES string of the molecule is Cn1cc(C(=O)NC(Cc2ccccc2)C(=O)C(N)=O)c(-c2ccc[nH]2)n1. The molecule has 8 nitrogen and oxygen atoms in total. The molecule has 0 saturated carbocycles. The van der Waals surface area contributed by atoms with Gasteiger partial charge >= 0.3 is 0 Å². The molecule has 1 atom stereocenters. The van der Waals surface area contributed by atoms with Crippen LogP contribution in [0, 0.1) is 0 Å². The number of primary amides is 1. The molecule has 2 heterocycles. The van der Waals surface area contributed by atoms with Gasteiger partial charge in [0.1, 0.15) is 11.7 Å². The van der Waals surface area contributed by atoms with Crippen LogP contribution >= 0.6 is 0 Å². The number of carbonyl (C=O) groups is 3. The number of nitrogens with zero attached hydrogens (tertiary/aromatic N) is 2. The van der Waals surface area contributed by atoms with Crippen molar-refractivity contribution in [2.45, 2.75) is 12.5 Å². The standard InChI is InChI=1S/C19H19N5O3/c1-24-11-13(16(23-24)14-8-5-9-21-14)19(27)22-15(17(25)18(20)26)10-12-6-3-2-4-7-12/h2-9,11,15,21H,10H2,1H3,(H2,20,26)(H,22,27). The number of hydrogen-bond donors (Lipinski definition) is 3. The van der Waals surface area contributed by atoms with Gasteiger partial charge < -0.3 is 16.0 Å². The van der Waals surface area contributed by atoms with Gasteiger partial charge in [-0.15, -0.1) is 0 Å². The number of carbonyl (C=O) groups excluding carboxylic acids is 3. The number of aryl methyl sites for hydroxylation is 1. The Morgan fingerprint density at radius 2 is 1.93 bits per heavy atom. The largest absolute Gasteiger partial charge is 0.363 e. The van der Waals surface area contributed by atoms with Crippen LogP contribution in [0.1, 0.15) is 15.9 Å². The quantitative estimate of drug-likeness (QED) is 0.536. The Labute approximate surface area is 155 Å². The first-order valence-electron chi connectivity index (χ1n) is 8.31. The molecule has 138 valence electrons. The summed E-state index contributed by atoms with van der Waals surface area (Å²) in [6, 6.07) is 11.6. The van der Waals surface area contributed by atoms with Gasteiger partial charge in [0.25, 0.3) is 11.8 Å². The van der Waals surface area contributed by atoms with E-state index in [2.05, 4.69) is 15.4 Å². The number of H-pyrrole nitrogens is 1. The van der Waals surface area contributed by atoms with Crippen molar-refractivity contribution in [3.05, 3.63) is 66.0 Å². The molecule has 2 aromatic heterocycles. The summed E-state index contributed by atoms with van der Waals surface area (Å²) < 4.78 is 1.51. The molecule has 1 unspecified atom stereocenters. The van der Waals surface area contributed by atoms with Crippen molar-refractivity contribution >= 4 is 17.6 Å². The van der Waals surface area contributed by atoms with Crippen LogP contribution in [-0.2, 0) is 23.1 Å². The Morgan fingerprint density at radius 1 is 1.19 bits per heavy atom. The molecule has 27 heavy (non-hydrogen) atoms. The smallest absolute Gasteiger partial charge is 0.287 e. The minimum atomic E-state index is -1.09. The third-order valence-corrected chi connectivity index (χ3v) is 4.07. The Morgan fingerprint density at radius 3 is 2.56 bits per heavy atom. The molecule has 2 amide bonds. The number of ketones is 1. The highest BCUT2D eigenvalue weighted by molar-refractivity contribution is 6.38. The highest BCUT2D eigenvalue weighted by Gasteiger charge is 2.27. The minimum Gasteiger partial charge on any atom is -0.363 e. The zero-order chi connectivity index (χ0) is 19.4. The molecule has 4 N–H and O–H groups in total. The molecular weight excluding hydrogens is 346 g/mol. The Balaban J connectivity index is 1.87. The van der Waals surface area contributed by atoms with Gasteiger partial charge in [0.2, 0.25) is 5.78 Å². The van der Waals surface area contributed by atoms with Gasteiger partial charge in [-0.1, -0.05) is 30.3 Å². The summed E-state index contributed by atoms with van der Waals surface area (Å²) in [5.74, 6) is -2.45. The van der Waals surface area contributed by atoms with Crippen LogP contribution in [0.4, 0.5) is 0 Å². The molecule has 0 aliphatic rings. The van der Waals surface area contributed by atoms with E-state index in [1.54, 1.807) is 31.6 Å². The van der Waals surface area contributed by atoms with Crippen LogP contribution < -0.4 is 11.1 Å². The number of amides is 2. The average molecular weight is 365 g/mol. The van der Waals surface area contributed by atoms with Gasteiger partial charge in [0.15, 0.2) is 0 Å². The van der Waals surface area contributed by atoms with E-state index in [-0.39, 0.29) is 12.0 Å². The average Bonchev–Trinajstić information content (AvgIpc) is 3.30. The maximum absolute atomic E-state index is 12.8. The van der Waals surface area contributed by atoms with Crippen molar-refractivity contribution in [2.24, 2.45) is 12.8 Å². The molecule has 8 heteroatoms. The Kier molecular flexibility index (Phi) is 5.16. The Bertz CT molecular complexity index is 961. The number of aromatic amines is 1. The maximum Gasteiger partial charge on any atom is 0.287 e. The first-order valence-corrected chi connectivity index (χ1v) is 8.31. The third kappa shape index (κ3) is 4.12. The summed E-state index contributed by atoms with van der Waals surface area (Å²) in [6.45, 7) is 0. The van der Waals surface area contributed by atoms with Crippen molar-refractivity contribution in [1.82, 2.24) is 20.1 Å². The second-order valence-electron chi connectivity index (χ2n) is 6.09. The van der Waals surface area contributed by atoms with E-state index in [1.165, 1.54) is 4.68 Å². The van der Waals surface area contributed by atoms with Crippen LogP contribution in [0.3, 0.4) is 0 Å². The molecule has 0 aliphatic heterocycles. The van der Waals surface area contributed by atoms with E-state index in [0.717, 1.165) is 5.56 Å². The monoisotopic (exact) mass is 365 g/mol. The second-order valence-corrected chi connectivity index (χ2v) is 6.09. The van der Waals surface area contributed by atoms with Gasteiger partial charge in [-0.05, 0) is 17.7 Å². The lowest BCUT2D eigenvalue weighted by Crippen LogP contribution is -2.47. The number of Topliss-reactive ketones (excluding diaryl/α,β-unsaturated/α-hetero) is 1. The van der Waals surface area contributed by atoms with E-state index in [1.807, 2.05) is 30.3 Å². The minimum absolute atomic E-state index is 0.159. The van der Waals surface area contributed by atoms with Crippen LogP contribution in [0.15, 0.2) is 54.9 Å². The summed E-state index contributed by atoms with van der Waals surface area (Å²) >= 11 is 0. The number of nitrogens with two attached hydrogens (primary N) is 1. The van der Waals surface area contributed by atoms with E-state index >= 15 is 0 Å². The van der Waals surface area contributed by atoms with E-state index in [9.17, 15) is 14.4 Å². The molecule has 0 fully saturated rings. The molecule has 3 aromatic rings. The fraction of sp³-hybridized carbons (Fsp3) is 0.158. The summed E-state index contributed by atoms with van der Waals surface area (Å²) in [7, 11) is 1.69. The molecule has 0 radical (unpaired) electrons. The fourth-order valence-corrected chi connectivity index (χ4v) is 2.80. The van der Waals surface area contributed by atoms with Gasteiger partial charge in [0.05, 0.1) is 11.3 Å². The van der Waals surface area contributed by atoms with Crippen molar-refractivity contribution in [1.29, 1.82) is 0 Å². The van der Waals surface area contributed by atoms with E-state index in [0.29, 0.717) is 11.4 Å². The van der Waals surface area contributed by atoms with Crippen molar-refractivity contribution in [2.75, 3.05) is 0 Å². The topological polar surface area (TPSA) is 123 Å². The summed E-state index contributed by atoms with van der Waals surface area (Å²) in [5, 5.41) is 6.92. The van der Waals surface area contributed by atoms with Gasteiger partial charge in [-0.25, -0.2) is 0 Å². The number of rotatable bonds is 7. The van der Waals surface area contributed by atoms with Crippen LogP contribution in [0.5, 0.6) is 0 Å². The normalized spacial score (nSPS) is 11.7. The lowest BCUT2D eigenvalue weighted by Gasteiger charge is -2.16. The van der Waals surface area contributed by atoms with E-state index < -0.39 is 23.6 Å². The third-order valence-electron chi connectivity index (χ3n) is 4.07. The van der Waals surface area contributed by atoms with Gasteiger partial charge in [-0.2, -0.15) is 5.10 Å². The molecule has 0 bridgehead atoms. The summed E-state index contributed by atoms with van der Waals surface area (Å²) in [4.78, 5) is 39.4. The lowest BCUT2D eigenvalue weighted by molar-refractivity contribution is -0.137. The predicted molar refractivity (Wildman–Crippen MR) is 98.6 cm³/mol. The lowest BCUT2D eigenvalue weighted by atomic mass is 10.0. The van der Waals surface area contributed by atoms with Crippen LogP contribution in [-0.4, -0.2) is 38.4 Å².